The predicted molar refractivity (Wildman–Crippen MR) is 266 cm³/mol. The molecule has 2 atom stereocenters. The summed E-state index contributed by atoms with van der Waals surface area (Å²) in [5.74, 6) is 0. The van der Waals surface area contributed by atoms with Crippen LogP contribution in [0.5, 0.6) is 0 Å². The monoisotopic (exact) mass is 807 g/mol. The zero-order valence-corrected chi connectivity index (χ0v) is 37.8. The van der Waals surface area contributed by atoms with E-state index in [9.17, 15) is 0 Å². The van der Waals surface area contributed by atoms with Gasteiger partial charge in [-0.25, -0.2) is 0 Å². The van der Waals surface area contributed by atoms with Crippen LogP contribution < -0.4 is 31.1 Å². The van der Waals surface area contributed by atoms with E-state index in [0.717, 1.165) is 6.42 Å². The fraction of sp³-hybridized carbons (Fsp3) is 0.276. The molecule has 1 aliphatic carbocycles. The van der Waals surface area contributed by atoms with Crippen molar-refractivity contribution in [3.8, 4) is 11.1 Å². The average molecular weight is 808 g/mol. The highest BCUT2D eigenvalue weighted by atomic mass is 15.3. The van der Waals surface area contributed by atoms with Gasteiger partial charge in [-0.05, 0) is 135 Å². The summed E-state index contributed by atoms with van der Waals surface area (Å²) >= 11 is 0. The SMILES string of the molecule is CC(C)(C)c1cccc(N2c3cc(C(C)(C)C)ccc3B3c4ccccc4N(c4ccccc4)c4cc(N5c6ccc(-c7ccccc7)cc6C6(C)CCCCC56C)cc2c43)c1. The van der Waals surface area contributed by atoms with Crippen LogP contribution in [0.4, 0.5) is 45.5 Å². The molecule has 1 fully saturated rings. The Morgan fingerprint density at radius 1 is 0.452 bits per heavy atom. The standard InChI is InChI=1S/C58H58BN3/c1-55(2,3)41-22-19-25-44(35-41)61-51-36-42(56(4,5)6)29-30-48(51)59-47-26-15-16-27-50(47)60(43-23-13-10-14-24-43)52-37-45(38-53(61)54(52)59)62-49-31-28-40(39-20-11-9-12-21-39)34-46(49)57(7)32-17-18-33-58(57,62)8/h9-16,19-31,34-38H,17-18,32-33H2,1-8H3. The minimum absolute atomic E-state index is 0.00730. The number of hydrogen-bond donors (Lipinski definition) is 0. The number of para-hydroxylation sites is 2. The van der Waals surface area contributed by atoms with Crippen LogP contribution in [0.25, 0.3) is 11.1 Å². The van der Waals surface area contributed by atoms with Crippen LogP contribution in [0.15, 0.2) is 158 Å². The van der Waals surface area contributed by atoms with Crippen LogP contribution >= 0.6 is 0 Å². The minimum Gasteiger partial charge on any atom is -0.334 e. The van der Waals surface area contributed by atoms with Crippen molar-refractivity contribution in [2.24, 2.45) is 0 Å². The summed E-state index contributed by atoms with van der Waals surface area (Å²) in [6, 6.07) is 60.4. The number of rotatable bonds is 4. The van der Waals surface area contributed by atoms with Crippen molar-refractivity contribution in [1.82, 2.24) is 0 Å². The second-order valence-corrected chi connectivity index (χ2v) is 21.0. The zero-order chi connectivity index (χ0) is 42.8. The number of anilines is 8. The van der Waals surface area contributed by atoms with Crippen molar-refractivity contribution in [3.05, 3.63) is 174 Å². The number of nitrogens with zero attached hydrogens (tertiary/aromatic N) is 3. The molecule has 4 heteroatoms. The van der Waals surface area contributed by atoms with Crippen molar-refractivity contribution < 1.29 is 0 Å². The van der Waals surface area contributed by atoms with Crippen molar-refractivity contribution in [3.63, 3.8) is 0 Å². The van der Waals surface area contributed by atoms with Crippen LogP contribution in [0, 0.1) is 0 Å². The quantitative estimate of drug-likeness (QED) is 0.164. The van der Waals surface area contributed by atoms with E-state index in [1.54, 1.807) is 0 Å². The Bertz CT molecular complexity index is 2890. The Labute approximate surface area is 370 Å². The normalized spacial score (nSPS) is 20.0. The molecule has 3 aliphatic heterocycles. The van der Waals surface area contributed by atoms with Crippen molar-refractivity contribution >= 4 is 68.6 Å². The molecule has 62 heavy (non-hydrogen) atoms. The maximum absolute atomic E-state index is 2.79. The topological polar surface area (TPSA) is 9.72 Å². The Kier molecular flexibility index (Phi) is 8.63. The third kappa shape index (κ3) is 5.71. The summed E-state index contributed by atoms with van der Waals surface area (Å²) in [6.45, 7) is 19.2. The van der Waals surface area contributed by atoms with Gasteiger partial charge in [0.25, 0.3) is 6.71 Å². The average Bonchev–Trinajstić information content (AvgIpc) is 3.48. The third-order valence-corrected chi connectivity index (χ3v) is 15.3. The van der Waals surface area contributed by atoms with Gasteiger partial charge in [0.1, 0.15) is 0 Å². The van der Waals surface area contributed by atoms with Gasteiger partial charge in [-0.2, -0.15) is 0 Å². The fourth-order valence-electron chi connectivity index (χ4n) is 11.7. The minimum atomic E-state index is -0.129. The molecule has 0 radical (unpaired) electrons. The molecule has 0 saturated heterocycles. The fourth-order valence-corrected chi connectivity index (χ4v) is 11.7. The molecule has 0 bridgehead atoms. The van der Waals surface area contributed by atoms with Gasteiger partial charge in [-0.3, -0.25) is 0 Å². The lowest BCUT2D eigenvalue weighted by molar-refractivity contribution is 0.195. The van der Waals surface area contributed by atoms with Crippen molar-refractivity contribution in [1.29, 1.82) is 0 Å². The molecule has 3 nitrogen and oxygen atoms in total. The van der Waals surface area contributed by atoms with Crippen LogP contribution in [0.2, 0.25) is 0 Å². The number of hydrogen-bond acceptors (Lipinski definition) is 3. The molecule has 2 unspecified atom stereocenters. The van der Waals surface area contributed by atoms with Crippen molar-refractivity contribution in [2.75, 3.05) is 14.7 Å². The van der Waals surface area contributed by atoms with Crippen molar-refractivity contribution in [2.45, 2.75) is 103 Å². The molecule has 308 valence electrons. The van der Waals surface area contributed by atoms with E-state index < -0.39 is 0 Å². The molecule has 3 heterocycles. The molecular weight excluding hydrogens is 749 g/mol. The number of fused-ring (bicyclic) bond motifs is 7. The first-order chi connectivity index (χ1) is 29.8. The first-order valence-corrected chi connectivity index (χ1v) is 22.9. The molecule has 1 saturated carbocycles. The molecule has 7 aromatic rings. The first kappa shape index (κ1) is 38.9. The second-order valence-electron chi connectivity index (χ2n) is 21.0. The summed E-state index contributed by atoms with van der Waals surface area (Å²) in [7, 11) is 0. The van der Waals surface area contributed by atoms with E-state index in [1.165, 1.54) is 109 Å². The molecule has 0 N–H and O–H groups in total. The molecular formula is C58H58BN3. The largest absolute Gasteiger partial charge is 0.334 e. The van der Waals surface area contributed by atoms with E-state index >= 15 is 0 Å². The van der Waals surface area contributed by atoms with E-state index in [4.69, 9.17) is 0 Å². The van der Waals surface area contributed by atoms with Gasteiger partial charge < -0.3 is 14.7 Å². The maximum atomic E-state index is 2.79. The summed E-state index contributed by atoms with van der Waals surface area (Å²) < 4.78 is 0. The number of benzene rings is 7. The Morgan fingerprint density at radius 2 is 1.06 bits per heavy atom. The molecule has 7 aromatic carbocycles. The van der Waals surface area contributed by atoms with E-state index in [2.05, 4.69) is 228 Å². The van der Waals surface area contributed by atoms with Gasteiger partial charge in [0, 0.05) is 50.9 Å². The van der Waals surface area contributed by atoms with Gasteiger partial charge in [-0.15, -0.1) is 0 Å². The summed E-state index contributed by atoms with van der Waals surface area (Å²) in [5.41, 5.74) is 20.6. The Balaban J connectivity index is 1.24. The van der Waals surface area contributed by atoms with E-state index in [0.29, 0.717) is 0 Å². The molecule has 0 aromatic heterocycles. The van der Waals surface area contributed by atoms with Crippen LogP contribution in [-0.2, 0) is 16.2 Å². The van der Waals surface area contributed by atoms with Crippen LogP contribution in [0.3, 0.4) is 0 Å². The summed E-state index contributed by atoms with van der Waals surface area (Å²) in [5, 5.41) is 0. The molecule has 0 spiro atoms. The predicted octanol–water partition coefficient (Wildman–Crippen LogP) is 13.8. The summed E-state index contributed by atoms with van der Waals surface area (Å²) in [4.78, 5) is 7.98. The first-order valence-electron chi connectivity index (χ1n) is 22.9. The Hall–Kier alpha value is -6.00. The maximum Gasteiger partial charge on any atom is 0.252 e. The molecule has 0 amide bonds. The van der Waals surface area contributed by atoms with Crippen LogP contribution in [-0.4, -0.2) is 12.3 Å². The Morgan fingerprint density at radius 3 is 1.79 bits per heavy atom. The van der Waals surface area contributed by atoms with Gasteiger partial charge >= 0.3 is 0 Å². The zero-order valence-electron chi connectivity index (χ0n) is 37.8. The smallest absolute Gasteiger partial charge is 0.252 e. The molecule has 4 aliphatic rings. The van der Waals surface area contributed by atoms with Crippen LogP contribution in [0.1, 0.15) is 97.8 Å². The van der Waals surface area contributed by atoms with E-state index in [-0.39, 0.29) is 28.5 Å². The second kappa shape index (κ2) is 13.8. The molecule has 11 rings (SSSR count). The highest BCUT2D eigenvalue weighted by molar-refractivity contribution is 7.00. The lowest BCUT2D eigenvalue weighted by atomic mass is 9.33. The van der Waals surface area contributed by atoms with Gasteiger partial charge in [0.2, 0.25) is 0 Å². The van der Waals surface area contributed by atoms with E-state index in [1.807, 2.05) is 0 Å². The lowest BCUT2D eigenvalue weighted by Crippen LogP contribution is -2.61. The lowest BCUT2D eigenvalue weighted by Gasteiger charge is -2.51. The third-order valence-electron chi connectivity index (χ3n) is 15.3. The van der Waals surface area contributed by atoms with Gasteiger partial charge in [-0.1, -0.05) is 158 Å². The highest BCUT2D eigenvalue weighted by Gasteiger charge is 2.58. The highest BCUT2D eigenvalue weighted by Crippen LogP contribution is 2.62. The van der Waals surface area contributed by atoms with Gasteiger partial charge in [0.05, 0.1) is 5.54 Å². The summed E-state index contributed by atoms with van der Waals surface area (Å²) in [6.07, 6.45) is 4.77. The van der Waals surface area contributed by atoms with Gasteiger partial charge in [0.15, 0.2) is 0 Å².